The minimum absolute atomic E-state index is 0.115. The van der Waals surface area contributed by atoms with E-state index in [9.17, 15) is 14.7 Å². The number of nitrogens with one attached hydrogen (secondary N) is 1. The summed E-state index contributed by atoms with van der Waals surface area (Å²) in [5.41, 5.74) is 0.0624. The lowest BCUT2D eigenvalue weighted by atomic mass is 10.3. The van der Waals surface area contributed by atoms with Crippen molar-refractivity contribution in [3.8, 4) is 5.75 Å². The van der Waals surface area contributed by atoms with Gasteiger partial charge >= 0.3 is 6.09 Å². The zero-order valence-corrected chi connectivity index (χ0v) is 12.5. The molecule has 0 aromatic heterocycles. The van der Waals surface area contributed by atoms with E-state index >= 15 is 0 Å². The number of benzene rings is 1. The minimum atomic E-state index is -0.925. The highest BCUT2D eigenvalue weighted by molar-refractivity contribution is 6.02. The molecular weight excluding hydrogens is 290 g/mol. The van der Waals surface area contributed by atoms with Crippen molar-refractivity contribution in [1.29, 1.82) is 0 Å². The Morgan fingerprint density at radius 1 is 1.27 bits per heavy atom. The molecule has 0 atom stereocenters. The Labute approximate surface area is 127 Å². The van der Waals surface area contributed by atoms with Gasteiger partial charge in [-0.2, -0.15) is 5.11 Å². The van der Waals surface area contributed by atoms with E-state index < -0.39 is 12.0 Å². The Balaban J connectivity index is 2.84. The molecule has 1 aromatic carbocycles. The lowest BCUT2D eigenvalue weighted by Crippen LogP contribution is -2.32. The molecule has 8 heteroatoms. The zero-order chi connectivity index (χ0) is 16.5. The Morgan fingerprint density at radius 2 is 1.91 bits per heavy atom. The van der Waals surface area contributed by atoms with E-state index in [0.717, 1.165) is 0 Å². The maximum Gasteiger partial charge on any atom is 0.414 e. The number of rotatable bonds is 5. The average Bonchev–Trinajstić information content (AvgIpc) is 2.47. The van der Waals surface area contributed by atoms with E-state index in [1.54, 1.807) is 31.2 Å². The number of methoxy groups -OCH3 is 1. The highest BCUT2D eigenvalue weighted by Gasteiger charge is 2.16. The number of hydrogen-bond donors (Lipinski definition) is 2. The van der Waals surface area contributed by atoms with Crippen molar-refractivity contribution in [2.75, 3.05) is 13.7 Å². The number of hydrogen-bond acceptors (Lipinski definition) is 7. The van der Waals surface area contributed by atoms with Gasteiger partial charge in [0.15, 0.2) is 5.70 Å². The third-order valence-corrected chi connectivity index (χ3v) is 2.39. The van der Waals surface area contributed by atoms with E-state index in [1.807, 2.05) is 5.32 Å². The second-order valence-corrected chi connectivity index (χ2v) is 4.01. The molecule has 22 heavy (non-hydrogen) atoms. The van der Waals surface area contributed by atoms with E-state index in [4.69, 9.17) is 4.74 Å². The van der Waals surface area contributed by atoms with Crippen LogP contribution in [0, 0.1) is 0 Å². The van der Waals surface area contributed by atoms with Gasteiger partial charge in [-0.25, -0.2) is 4.79 Å². The van der Waals surface area contributed by atoms with Crippen LogP contribution in [0.5, 0.6) is 5.75 Å². The lowest BCUT2D eigenvalue weighted by Gasteiger charge is -2.04. The van der Waals surface area contributed by atoms with Crippen molar-refractivity contribution in [3.63, 3.8) is 0 Å². The number of carbonyl (C=O) groups excluding carboxylic acids is 2. The molecular formula is C14H17N3O5. The van der Waals surface area contributed by atoms with E-state index in [1.165, 1.54) is 14.0 Å². The fourth-order valence-electron chi connectivity index (χ4n) is 1.36. The predicted molar refractivity (Wildman–Crippen MR) is 78.0 cm³/mol. The smallest absolute Gasteiger partial charge is 0.414 e. The maximum atomic E-state index is 11.8. The predicted octanol–water partition coefficient (Wildman–Crippen LogP) is 2.84. The van der Waals surface area contributed by atoms with Crippen molar-refractivity contribution in [2.24, 2.45) is 10.2 Å². The molecule has 0 spiro atoms. The molecule has 0 saturated carbocycles. The van der Waals surface area contributed by atoms with Gasteiger partial charge in [0.1, 0.15) is 11.5 Å². The summed E-state index contributed by atoms with van der Waals surface area (Å²) in [7, 11) is 1.53. The molecule has 0 saturated heterocycles. The number of carbonyl (C=O) groups is 2. The molecule has 0 heterocycles. The van der Waals surface area contributed by atoms with Crippen LogP contribution in [-0.2, 0) is 9.53 Å². The summed E-state index contributed by atoms with van der Waals surface area (Å²) < 4.78 is 9.57. The number of imide groups is 1. The number of aliphatic hydroxyl groups excluding tert-OH is 1. The van der Waals surface area contributed by atoms with Gasteiger partial charge in [0.05, 0.1) is 19.4 Å². The molecule has 0 fully saturated rings. The van der Waals surface area contributed by atoms with Crippen molar-refractivity contribution in [2.45, 2.75) is 13.8 Å². The summed E-state index contributed by atoms with van der Waals surface area (Å²) in [5.74, 6) is -0.636. The quantitative estimate of drug-likeness (QED) is 0.494. The summed E-state index contributed by atoms with van der Waals surface area (Å²) in [5, 5.41) is 18.9. The van der Waals surface area contributed by atoms with Crippen molar-refractivity contribution in [1.82, 2.24) is 5.32 Å². The third-order valence-electron chi connectivity index (χ3n) is 2.39. The molecule has 2 N–H and O–H groups in total. The second kappa shape index (κ2) is 8.40. The first-order chi connectivity index (χ1) is 10.5. The maximum absolute atomic E-state index is 11.8. The Morgan fingerprint density at radius 3 is 2.41 bits per heavy atom. The number of ether oxygens (including phenoxy) is 2. The van der Waals surface area contributed by atoms with Crippen LogP contribution in [0.4, 0.5) is 10.5 Å². The van der Waals surface area contributed by atoms with Crippen molar-refractivity contribution >= 4 is 17.7 Å². The fraction of sp³-hybridized carbons (Fsp3) is 0.286. The van der Waals surface area contributed by atoms with Gasteiger partial charge in [-0.1, -0.05) is 0 Å². The summed E-state index contributed by atoms with van der Waals surface area (Å²) in [4.78, 5) is 23.0. The molecule has 0 radical (unpaired) electrons. The first-order valence-electron chi connectivity index (χ1n) is 6.41. The van der Waals surface area contributed by atoms with Crippen LogP contribution in [0.3, 0.4) is 0 Å². The largest absolute Gasteiger partial charge is 0.510 e. The molecule has 0 aliphatic heterocycles. The second-order valence-electron chi connectivity index (χ2n) is 4.01. The summed E-state index contributed by atoms with van der Waals surface area (Å²) in [6, 6.07) is 6.58. The van der Waals surface area contributed by atoms with Crippen LogP contribution in [0.25, 0.3) is 0 Å². The Hall–Kier alpha value is -2.90. The van der Waals surface area contributed by atoms with Crippen LogP contribution in [-0.4, -0.2) is 30.8 Å². The van der Waals surface area contributed by atoms with Gasteiger partial charge in [-0.05, 0) is 38.1 Å². The van der Waals surface area contributed by atoms with Crippen LogP contribution < -0.4 is 10.1 Å². The topological polar surface area (TPSA) is 110 Å². The van der Waals surface area contributed by atoms with Crippen LogP contribution in [0.1, 0.15) is 13.8 Å². The van der Waals surface area contributed by atoms with Gasteiger partial charge in [-0.3, -0.25) is 10.1 Å². The lowest BCUT2D eigenvalue weighted by molar-refractivity contribution is -0.117. The van der Waals surface area contributed by atoms with Crippen LogP contribution >= 0.6 is 0 Å². The van der Waals surface area contributed by atoms with Gasteiger partial charge in [-0.15, -0.1) is 5.11 Å². The van der Waals surface area contributed by atoms with Gasteiger partial charge in [0.25, 0.3) is 5.91 Å². The van der Waals surface area contributed by atoms with E-state index in [2.05, 4.69) is 15.0 Å². The normalized spacial score (nSPS) is 11.8. The Kier molecular flexibility index (Phi) is 6.55. The first kappa shape index (κ1) is 17.2. The van der Waals surface area contributed by atoms with E-state index in [-0.39, 0.29) is 18.1 Å². The number of nitrogens with zero attached hydrogens (tertiary/aromatic N) is 2. The molecule has 1 rings (SSSR count). The molecule has 1 aromatic rings. The zero-order valence-electron chi connectivity index (χ0n) is 12.5. The number of aliphatic hydroxyl groups is 1. The highest BCUT2D eigenvalue weighted by Crippen LogP contribution is 2.19. The average molecular weight is 307 g/mol. The molecule has 2 amide bonds. The molecule has 0 unspecified atom stereocenters. The summed E-state index contributed by atoms with van der Waals surface area (Å²) in [6.07, 6.45) is -0.925. The summed E-state index contributed by atoms with van der Waals surface area (Å²) >= 11 is 0. The monoisotopic (exact) mass is 307 g/mol. The van der Waals surface area contributed by atoms with Gasteiger partial charge in [0.2, 0.25) is 0 Å². The Bertz CT molecular complexity index is 589. The SMILES string of the molecule is CCOC(=O)NC(=O)C(N=Nc1ccc(OC)cc1)=C(C)O. The van der Waals surface area contributed by atoms with Gasteiger partial charge in [0, 0.05) is 0 Å². The first-order valence-corrected chi connectivity index (χ1v) is 6.41. The van der Waals surface area contributed by atoms with Crippen LogP contribution in [0.15, 0.2) is 46.0 Å². The molecule has 0 aliphatic carbocycles. The molecule has 0 aliphatic rings. The number of amides is 2. The van der Waals surface area contributed by atoms with Crippen molar-refractivity contribution in [3.05, 3.63) is 35.7 Å². The van der Waals surface area contributed by atoms with E-state index in [0.29, 0.717) is 11.4 Å². The van der Waals surface area contributed by atoms with Crippen molar-refractivity contribution < 1.29 is 24.2 Å². The summed E-state index contributed by atoms with van der Waals surface area (Å²) in [6.45, 7) is 2.97. The van der Waals surface area contributed by atoms with Crippen LogP contribution in [0.2, 0.25) is 0 Å². The fourth-order valence-corrected chi connectivity index (χ4v) is 1.36. The molecule has 0 bridgehead atoms. The third kappa shape index (κ3) is 5.23. The molecule has 8 nitrogen and oxygen atoms in total. The standard InChI is InChI=1S/C14H17N3O5/c1-4-22-14(20)15-13(19)12(9(2)18)17-16-10-5-7-11(21-3)8-6-10/h5-8,18H,4H2,1-3H3,(H,15,19,20). The number of azo groups is 1. The number of alkyl carbamates (subject to hydrolysis) is 1. The van der Waals surface area contributed by atoms with Gasteiger partial charge < -0.3 is 14.6 Å². The molecule has 118 valence electrons. The minimum Gasteiger partial charge on any atom is -0.510 e. The number of allylic oxidation sites excluding steroid dienone is 1. The highest BCUT2D eigenvalue weighted by atomic mass is 16.5.